The molecule has 2 fully saturated rings. The topological polar surface area (TPSA) is 103 Å². The lowest BCUT2D eigenvalue weighted by molar-refractivity contribution is -0.127. The Kier molecular flexibility index (Phi) is 4.78. The summed E-state index contributed by atoms with van der Waals surface area (Å²) in [5.74, 6) is 0.498. The van der Waals surface area contributed by atoms with Crippen LogP contribution in [0.4, 0.5) is 5.82 Å². The highest BCUT2D eigenvalue weighted by Gasteiger charge is 2.32. The molecule has 1 saturated carbocycles. The third kappa shape index (κ3) is 3.58. The molecule has 148 valence electrons. The van der Waals surface area contributed by atoms with E-state index in [-0.39, 0.29) is 23.4 Å². The molecule has 0 radical (unpaired) electrons. The van der Waals surface area contributed by atoms with Gasteiger partial charge >= 0.3 is 0 Å². The molecule has 8 heteroatoms. The zero-order chi connectivity index (χ0) is 19.7. The second-order valence-corrected chi connectivity index (χ2v) is 7.97. The zero-order valence-electron chi connectivity index (χ0n) is 16.1. The number of rotatable bonds is 5. The second kappa shape index (κ2) is 7.26. The van der Waals surface area contributed by atoms with Crippen molar-refractivity contribution in [3.8, 4) is 0 Å². The Hall–Kier alpha value is -2.90. The average Bonchev–Trinajstić information content (AvgIpc) is 3.07. The molecule has 0 spiro atoms. The summed E-state index contributed by atoms with van der Waals surface area (Å²) in [6.07, 6.45) is 9.55. The molecule has 8 nitrogen and oxygen atoms in total. The van der Waals surface area contributed by atoms with Gasteiger partial charge in [-0.3, -0.25) is 9.59 Å². The van der Waals surface area contributed by atoms with Gasteiger partial charge in [0.15, 0.2) is 5.65 Å². The van der Waals surface area contributed by atoms with Crippen LogP contribution in [0.25, 0.3) is 11.2 Å². The summed E-state index contributed by atoms with van der Waals surface area (Å²) in [6, 6.07) is 0.272. The molecule has 4 rings (SSSR count). The highest BCUT2D eigenvalue weighted by Crippen LogP contribution is 2.27. The van der Waals surface area contributed by atoms with Crippen LogP contribution in [-0.2, 0) is 4.79 Å². The maximum atomic E-state index is 12.6. The van der Waals surface area contributed by atoms with Crippen molar-refractivity contribution in [2.45, 2.75) is 50.6 Å². The van der Waals surface area contributed by atoms with Gasteiger partial charge in [0.05, 0.1) is 11.8 Å². The summed E-state index contributed by atoms with van der Waals surface area (Å²) in [7, 11) is 0. The number of carbonyl (C=O) groups excluding carboxylic acids is 2. The van der Waals surface area contributed by atoms with Crippen LogP contribution in [0.1, 0.15) is 49.4 Å². The first kappa shape index (κ1) is 18.5. The minimum Gasteiger partial charge on any atom is -0.363 e. The third-order valence-electron chi connectivity index (χ3n) is 5.85. The van der Waals surface area contributed by atoms with Gasteiger partial charge in [0.2, 0.25) is 5.91 Å². The lowest BCUT2D eigenvalue weighted by atomic mass is 9.89. The zero-order valence-corrected chi connectivity index (χ0v) is 16.1. The fourth-order valence-electron chi connectivity index (χ4n) is 3.72. The number of nitrogens with one attached hydrogen (secondary N) is 3. The van der Waals surface area contributed by atoms with Crippen LogP contribution in [0.5, 0.6) is 0 Å². The quantitative estimate of drug-likeness (QED) is 0.688. The summed E-state index contributed by atoms with van der Waals surface area (Å²) in [5.41, 5.74) is 1.51. The normalized spacial score (nSPS) is 19.1. The summed E-state index contributed by atoms with van der Waals surface area (Å²) in [5, 5.41) is 6.51. The van der Waals surface area contributed by atoms with Crippen LogP contribution in [0.15, 0.2) is 25.0 Å². The Morgan fingerprint density at radius 2 is 2.11 bits per heavy atom. The Bertz CT molecular complexity index is 909. The number of piperidine rings is 1. The van der Waals surface area contributed by atoms with E-state index in [1.165, 1.54) is 12.5 Å². The first-order chi connectivity index (χ1) is 13.5. The number of amides is 2. The van der Waals surface area contributed by atoms with Crippen LogP contribution >= 0.6 is 0 Å². The van der Waals surface area contributed by atoms with Crippen molar-refractivity contribution < 1.29 is 9.59 Å². The summed E-state index contributed by atoms with van der Waals surface area (Å²) >= 11 is 0. The molecule has 28 heavy (non-hydrogen) atoms. The lowest BCUT2D eigenvalue weighted by Gasteiger charge is -2.39. The van der Waals surface area contributed by atoms with E-state index >= 15 is 0 Å². The molecule has 0 aromatic carbocycles. The molecule has 1 aliphatic carbocycles. The fraction of sp³-hybridized carbons (Fsp3) is 0.500. The molecule has 1 aliphatic heterocycles. The highest BCUT2D eigenvalue weighted by atomic mass is 16.2. The maximum absolute atomic E-state index is 12.6. The molecule has 2 aromatic rings. The number of anilines is 1. The minimum absolute atomic E-state index is 0.0299. The molecule has 0 atom stereocenters. The van der Waals surface area contributed by atoms with Gasteiger partial charge in [-0.15, -0.1) is 0 Å². The molecule has 0 bridgehead atoms. The van der Waals surface area contributed by atoms with E-state index in [4.69, 9.17) is 0 Å². The van der Waals surface area contributed by atoms with Crippen molar-refractivity contribution >= 4 is 28.8 Å². The van der Waals surface area contributed by atoms with Crippen molar-refractivity contribution in [2.75, 3.05) is 18.4 Å². The Morgan fingerprint density at radius 1 is 1.36 bits per heavy atom. The van der Waals surface area contributed by atoms with E-state index < -0.39 is 0 Å². The van der Waals surface area contributed by atoms with E-state index in [0.717, 1.165) is 25.7 Å². The van der Waals surface area contributed by atoms with E-state index in [2.05, 4.69) is 39.1 Å². The Labute approximate surface area is 163 Å². The summed E-state index contributed by atoms with van der Waals surface area (Å²) in [4.78, 5) is 38.2. The first-order valence-electron chi connectivity index (χ1n) is 9.82. The van der Waals surface area contributed by atoms with Crippen LogP contribution in [0.3, 0.4) is 0 Å². The molecular weight excluding hydrogens is 356 g/mol. The predicted molar refractivity (Wildman–Crippen MR) is 107 cm³/mol. The first-order valence-corrected chi connectivity index (χ1v) is 9.82. The van der Waals surface area contributed by atoms with E-state index in [0.29, 0.717) is 35.6 Å². The molecule has 1 saturated heterocycles. The third-order valence-corrected chi connectivity index (χ3v) is 5.85. The summed E-state index contributed by atoms with van der Waals surface area (Å²) < 4.78 is 0. The number of hydrogen-bond acceptors (Lipinski definition) is 5. The SMILES string of the molecule is C=CC(=O)N1CCC(C)(Nc2cnc3[nH]cc(C(=O)NC4CCC4)c3n2)CC1. The van der Waals surface area contributed by atoms with Gasteiger partial charge in [-0.2, -0.15) is 0 Å². The number of nitrogens with zero attached hydrogens (tertiary/aromatic N) is 3. The molecular formula is C20H26N6O2. The monoisotopic (exact) mass is 382 g/mol. The van der Waals surface area contributed by atoms with Crippen LogP contribution < -0.4 is 10.6 Å². The highest BCUT2D eigenvalue weighted by molar-refractivity contribution is 6.04. The molecule has 2 aliphatic rings. The number of hydrogen-bond donors (Lipinski definition) is 3. The van der Waals surface area contributed by atoms with Crippen LogP contribution in [-0.4, -0.2) is 56.3 Å². The van der Waals surface area contributed by atoms with Crippen LogP contribution in [0.2, 0.25) is 0 Å². The Balaban J connectivity index is 1.48. The maximum Gasteiger partial charge on any atom is 0.255 e. The fourth-order valence-corrected chi connectivity index (χ4v) is 3.72. The van der Waals surface area contributed by atoms with Crippen molar-refractivity contribution in [3.05, 3.63) is 30.6 Å². The van der Waals surface area contributed by atoms with E-state index in [9.17, 15) is 9.59 Å². The van der Waals surface area contributed by atoms with Gasteiger partial charge in [-0.25, -0.2) is 9.97 Å². The van der Waals surface area contributed by atoms with Gasteiger partial charge in [-0.1, -0.05) is 6.58 Å². The van der Waals surface area contributed by atoms with Gasteiger partial charge in [-0.05, 0) is 45.1 Å². The molecule has 0 unspecified atom stereocenters. The van der Waals surface area contributed by atoms with Crippen molar-refractivity contribution in [2.24, 2.45) is 0 Å². The van der Waals surface area contributed by atoms with Crippen molar-refractivity contribution in [3.63, 3.8) is 0 Å². The number of H-pyrrole nitrogens is 1. The van der Waals surface area contributed by atoms with Gasteiger partial charge in [0.1, 0.15) is 11.3 Å². The van der Waals surface area contributed by atoms with E-state index in [1.807, 2.05) is 0 Å². The second-order valence-electron chi connectivity index (χ2n) is 7.97. The number of likely N-dealkylation sites (tertiary alicyclic amines) is 1. The standard InChI is InChI=1S/C20H26N6O2/c1-3-16(27)26-9-7-20(2,8-10-26)25-15-12-22-18-17(24-15)14(11-21-18)19(28)23-13-5-4-6-13/h3,11-13H,1,4-10H2,2H3,(H,21,22)(H,23,28)(H,24,25). The molecule has 2 aromatic heterocycles. The van der Waals surface area contributed by atoms with E-state index in [1.54, 1.807) is 17.3 Å². The molecule has 3 N–H and O–H groups in total. The molecule has 3 heterocycles. The smallest absolute Gasteiger partial charge is 0.255 e. The lowest BCUT2D eigenvalue weighted by Crippen LogP contribution is -2.48. The Morgan fingerprint density at radius 3 is 2.75 bits per heavy atom. The minimum atomic E-state index is -0.190. The van der Waals surface area contributed by atoms with Gasteiger partial charge in [0, 0.05) is 30.9 Å². The van der Waals surface area contributed by atoms with Crippen LogP contribution in [0, 0.1) is 0 Å². The largest absolute Gasteiger partial charge is 0.363 e. The predicted octanol–water partition coefficient (Wildman–Crippen LogP) is 2.22. The number of aromatic amines is 1. The molecule has 2 amide bonds. The van der Waals surface area contributed by atoms with Crippen molar-refractivity contribution in [1.29, 1.82) is 0 Å². The number of carbonyl (C=O) groups is 2. The average molecular weight is 382 g/mol. The number of aromatic nitrogens is 3. The van der Waals surface area contributed by atoms with Gasteiger partial charge < -0.3 is 20.5 Å². The van der Waals surface area contributed by atoms with Crippen molar-refractivity contribution in [1.82, 2.24) is 25.2 Å². The summed E-state index contributed by atoms with van der Waals surface area (Å²) in [6.45, 7) is 7.01. The number of fused-ring (bicyclic) bond motifs is 1. The van der Waals surface area contributed by atoms with Gasteiger partial charge in [0.25, 0.3) is 5.91 Å².